The number of rotatable bonds is 6. The average Bonchev–Trinajstić information content (AvgIpc) is 2.14. The minimum absolute atomic E-state index is 0.133. The fourth-order valence-electron chi connectivity index (χ4n) is 0.554. The smallest absolute Gasteiger partial charge is 0.182 e. The molecule has 0 aliphatic carbocycles. The van der Waals surface area contributed by atoms with E-state index >= 15 is 0 Å². The molecule has 0 aromatic rings. The molecule has 0 rings (SSSR count). The Hall–Kier alpha value is 0.440. The molecule has 0 amide bonds. The Labute approximate surface area is 87.4 Å². The van der Waals surface area contributed by atoms with E-state index in [1.807, 2.05) is 0 Å². The zero-order chi connectivity index (χ0) is 10.5. The Balaban J connectivity index is 3.99. The minimum atomic E-state index is -2.03. The van der Waals surface area contributed by atoms with Crippen molar-refractivity contribution in [3.63, 3.8) is 0 Å². The van der Waals surface area contributed by atoms with E-state index in [-0.39, 0.29) is 24.6 Å². The van der Waals surface area contributed by atoms with E-state index in [9.17, 15) is 8.78 Å². The first kappa shape index (κ1) is 13.4. The van der Waals surface area contributed by atoms with Crippen molar-refractivity contribution in [1.29, 1.82) is 0 Å². The summed E-state index contributed by atoms with van der Waals surface area (Å²) in [7, 11) is 0. The fourth-order valence-corrected chi connectivity index (χ4v) is 0.907. The van der Waals surface area contributed by atoms with E-state index in [0.29, 0.717) is 0 Å². The van der Waals surface area contributed by atoms with Gasteiger partial charge in [0.25, 0.3) is 0 Å². The molecular weight excluding hydrogens is 216 g/mol. The van der Waals surface area contributed by atoms with E-state index in [1.54, 1.807) is 0 Å². The van der Waals surface area contributed by atoms with Crippen LogP contribution in [0, 0.1) is 0 Å². The highest BCUT2D eigenvalue weighted by atomic mass is 32.1. The topological polar surface area (TPSA) is 64.1 Å². The molecule has 0 bridgehead atoms. The molecule has 0 aliphatic heterocycles. The maximum Gasteiger partial charge on any atom is 0.182 e. The SMILES string of the molecule is NCC(F)(CS)NC[C@](N)(F)CS. The van der Waals surface area contributed by atoms with E-state index in [0.717, 1.165) is 0 Å². The second-order valence-corrected chi connectivity index (χ2v) is 3.51. The first-order valence-electron chi connectivity index (χ1n) is 3.73. The molecule has 0 saturated heterocycles. The third kappa shape index (κ3) is 5.02. The summed E-state index contributed by atoms with van der Waals surface area (Å²) in [5.74, 6) is -4.22. The van der Waals surface area contributed by atoms with Crippen molar-refractivity contribution in [2.24, 2.45) is 11.5 Å². The first-order valence-corrected chi connectivity index (χ1v) is 4.99. The Kier molecular flexibility index (Phi) is 5.53. The van der Waals surface area contributed by atoms with Crippen molar-refractivity contribution in [2.45, 2.75) is 11.6 Å². The van der Waals surface area contributed by atoms with Gasteiger partial charge in [-0.15, -0.1) is 0 Å². The molecule has 0 fully saturated rings. The van der Waals surface area contributed by atoms with E-state index in [2.05, 4.69) is 30.6 Å². The van der Waals surface area contributed by atoms with Crippen LogP contribution in [0.4, 0.5) is 8.78 Å². The molecule has 2 atom stereocenters. The van der Waals surface area contributed by atoms with Gasteiger partial charge in [0.05, 0.1) is 0 Å². The Morgan fingerprint density at radius 3 is 2.08 bits per heavy atom. The van der Waals surface area contributed by atoms with Crippen LogP contribution in [0.3, 0.4) is 0 Å². The van der Waals surface area contributed by atoms with Gasteiger partial charge in [0.1, 0.15) is 0 Å². The standard InChI is InChI=1S/C6H15F2N3S2/c7-5(10,3-12)2-11-6(8,1-9)4-13/h11-13H,1-4,9-10H2/t5-,6?/m1/s1. The number of halogens is 2. The highest BCUT2D eigenvalue weighted by molar-refractivity contribution is 7.80. The van der Waals surface area contributed by atoms with E-state index < -0.39 is 11.6 Å². The van der Waals surface area contributed by atoms with Gasteiger partial charge in [-0.3, -0.25) is 11.1 Å². The van der Waals surface area contributed by atoms with Crippen LogP contribution in [0.2, 0.25) is 0 Å². The molecule has 0 aromatic carbocycles. The molecule has 0 spiro atoms. The van der Waals surface area contributed by atoms with E-state index in [4.69, 9.17) is 11.5 Å². The maximum atomic E-state index is 13.4. The molecule has 13 heavy (non-hydrogen) atoms. The first-order chi connectivity index (χ1) is 5.89. The zero-order valence-corrected chi connectivity index (χ0v) is 8.92. The van der Waals surface area contributed by atoms with Crippen LogP contribution < -0.4 is 16.8 Å². The van der Waals surface area contributed by atoms with Crippen LogP contribution in [0.25, 0.3) is 0 Å². The van der Waals surface area contributed by atoms with Gasteiger partial charge in [0.15, 0.2) is 11.6 Å². The monoisotopic (exact) mass is 231 g/mol. The summed E-state index contributed by atoms with van der Waals surface area (Å²) in [6, 6.07) is 0. The molecule has 5 N–H and O–H groups in total. The molecule has 0 radical (unpaired) electrons. The summed E-state index contributed by atoms with van der Waals surface area (Å²) in [5.41, 5.74) is 10.2. The molecule has 1 unspecified atom stereocenters. The van der Waals surface area contributed by atoms with E-state index in [1.165, 1.54) is 0 Å². The van der Waals surface area contributed by atoms with Gasteiger partial charge >= 0.3 is 0 Å². The Morgan fingerprint density at radius 2 is 1.77 bits per heavy atom. The summed E-state index contributed by atoms with van der Waals surface area (Å²) >= 11 is 7.42. The minimum Gasteiger partial charge on any atom is -0.326 e. The third-order valence-electron chi connectivity index (χ3n) is 1.54. The van der Waals surface area contributed by atoms with Crippen molar-refractivity contribution >= 4 is 25.3 Å². The molecule has 0 heterocycles. The quantitative estimate of drug-likeness (QED) is 0.322. The van der Waals surface area contributed by atoms with Crippen LogP contribution in [-0.2, 0) is 0 Å². The number of hydrogen-bond acceptors (Lipinski definition) is 5. The second kappa shape index (κ2) is 5.35. The summed E-state index contributed by atoms with van der Waals surface area (Å²) < 4.78 is 26.4. The summed E-state index contributed by atoms with van der Waals surface area (Å²) in [4.78, 5) is 0. The average molecular weight is 231 g/mol. The zero-order valence-electron chi connectivity index (χ0n) is 7.13. The lowest BCUT2D eigenvalue weighted by atomic mass is 10.2. The van der Waals surface area contributed by atoms with Gasteiger partial charge < -0.3 is 5.73 Å². The van der Waals surface area contributed by atoms with Gasteiger partial charge in [-0.05, 0) is 0 Å². The van der Waals surface area contributed by atoms with Crippen LogP contribution in [-0.4, -0.2) is 36.2 Å². The Bertz CT molecular complexity index is 153. The predicted molar refractivity (Wildman–Crippen MR) is 56.6 cm³/mol. The summed E-state index contributed by atoms with van der Waals surface area (Å²) in [6.45, 7) is -0.621. The molecule has 0 aromatic heterocycles. The number of hydrogen-bond donors (Lipinski definition) is 5. The summed E-state index contributed by atoms with van der Waals surface area (Å²) in [5, 5.41) is 2.27. The molecular formula is C6H15F2N3S2. The second-order valence-electron chi connectivity index (χ2n) is 2.87. The normalized spacial score (nSPS) is 20.8. The van der Waals surface area contributed by atoms with Crippen molar-refractivity contribution < 1.29 is 8.78 Å². The molecule has 0 aliphatic rings. The number of nitrogens with two attached hydrogens (primary N) is 2. The third-order valence-corrected chi connectivity index (χ3v) is 2.56. The molecule has 80 valence electrons. The highest BCUT2D eigenvalue weighted by Gasteiger charge is 2.30. The molecule has 3 nitrogen and oxygen atoms in total. The highest BCUT2D eigenvalue weighted by Crippen LogP contribution is 2.10. The van der Waals surface area contributed by atoms with Crippen LogP contribution in [0.15, 0.2) is 0 Å². The van der Waals surface area contributed by atoms with Crippen molar-refractivity contribution in [3.05, 3.63) is 0 Å². The van der Waals surface area contributed by atoms with Crippen molar-refractivity contribution in [1.82, 2.24) is 5.32 Å². The van der Waals surface area contributed by atoms with Crippen LogP contribution in [0.1, 0.15) is 0 Å². The summed E-state index contributed by atoms with van der Waals surface area (Å²) in [6.07, 6.45) is 0. The van der Waals surface area contributed by atoms with Crippen molar-refractivity contribution in [2.75, 3.05) is 24.6 Å². The predicted octanol–water partition coefficient (Wildman–Crippen LogP) is -0.315. The van der Waals surface area contributed by atoms with Crippen LogP contribution in [0.5, 0.6) is 0 Å². The number of alkyl halides is 2. The lowest BCUT2D eigenvalue weighted by molar-refractivity contribution is 0.110. The van der Waals surface area contributed by atoms with Gasteiger partial charge in [0.2, 0.25) is 0 Å². The maximum absolute atomic E-state index is 13.4. The molecule has 7 heteroatoms. The Morgan fingerprint density at radius 1 is 1.23 bits per heavy atom. The van der Waals surface area contributed by atoms with Gasteiger partial charge in [0, 0.05) is 24.6 Å². The van der Waals surface area contributed by atoms with Gasteiger partial charge in [-0.25, -0.2) is 8.78 Å². The fraction of sp³-hybridized carbons (Fsp3) is 1.00. The lowest BCUT2D eigenvalue weighted by Crippen LogP contribution is -2.56. The number of thiol groups is 2. The number of nitrogens with one attached hydrogen (secondary N) is 1. The lowest BCUT2D eigenvalue weighted by Gasteiger charge is -2.27. The van der Waals surface area contributed by atoms with Gasteiger partial charge in [-0.1, -0.05) is 0 Å². The van der Waals surface area contributed by atoms with Crippen LogP contribution >= 0.6 is 25.3 Å². The van der Waals surface area contributed by atoms with Crippen molar-refractivity contribution in [3.8, 4) is 0 Å². The largest absolute Gasteiger partial charge is 0.326 e. The molecule has 0 saturated carbocycles. The van der Waals surface area contributed by atoms with Gasteiger partial charge in [-0.2, -0.15) is 25.3 Å².